The highest BCUT2D eigenvalue weighted by molar-refractivity contribution is 6.12. The molecule has 3 aromatic rings. The van der Waals surface area contributed by atoms with Gasteiger partial charge in [0, 0.05) is 45.2 Å². The van der Waals surface area contributed by atoms with Crippen LogP contribution in [0.25, 0.3) is 10.9 Å². The highest BCUT2D eigenvalue weighted by Crippen LogP contribution is 2.34. The fourth-order valence-corrected chi connectivity index (χ4v) is 4.90. The Morgan fingerprint density at radius 1 is 1.00 bits per heavy atom. The Hall–Kier alpha value is -3.76. The van der Waals surface area contributed by atoms with E-state index < -0.39 is 5.97 Å². The number of esters is 1. The second kappa shape index (κ2) is 10.7. The molecular formula is C27H32N4O6. The maximum Gasteiger partial charge on any atom is 0.357 e. The van der Waals surface area contributed by atoms with Crippen LogP contribution in [-0.4, -0.2) is 79.5 Å². The molecule has 1 aromatic heterocycles. The summed E-state index contributed by atoms with van der Waals surface area (Å²) in [5, 5.41) is 3.72. The van der Waals surface area contributed by atoms with Crippen molar-refractivity contribution in [2.75, 3.05) is 58.6 Å². The first-order chi connectivity index (χ1) is 18.0. The van der Waals surface area contributed by atoms with E-state index in [1.54, 1.807) is 25.6 Å². The van der Waals surface area contributed by atoms with E-state index in [0.717, 1.165) is 55.1 Å². The number of benzene rings is 2. The van der Waals surface area contributed by atoms with Crippen molar-refractivity contribution in [2.24, 2.45) is 7.05 Å². The van der Waals surface area contributed by atoms with Gasteiger partial charge < -0.3 is 28.8 Å². The summed E-state index contributed by atoms with van der Waals surface area (Å²) in [5.41, 5.74) is 2.73. The average Bonchev–Trinajstić information content (AvgIpc) is 3.47. The van der Waals surface area contributed by atoms with Gasteiger partial charge in [0.1, 0.15) is 5.75 Å². The SMILES string of the molecule is CCOC(=O)c1c(NC(=O)CN2CCN(Cc3ccc4c(c3)OCO4)CC2)c2cc(OC)ccc2n1C. The molecule has 2 aromatic carbocycles. The van der Waals surface area contributed by atoms with E-state index in [2.05, 4.69) is 21.2 Å². The van der Waals surface area contributed by atoms with Gasteiger partial charge in [-0.3, -0.25) is 14.6 Å². The zero-order valence-electron chi connectivity index (χ0n) is 21.4. The number of piperazine rings is 1. The molecule has 2 aliphatic heterocycles. The predicted octanol–water partition coefficient (Wildman–Crippen LogP) is 2.85. The van der Waals surface area contributed by atoms with Gasteiger partial charge in [0.2, 0.25) is 12.7 Å². The number of aromatic nitrogens is 1. The molecule has 1 amide bonds. The van der Waals surface area contributed by atoms with Crippen LogP contribution in [0.2, 0.25) is 0 Å². The molecule has 0 bridgehead atoms. The van der Waals surface area contributed by atoms with Crippen molar-refractivity contribution >= 4 is 28.5 Å². The molecular weight excluding hydrogens is 476 g/mol. The Balaban J connectivity index is 1.23. The molecule has 0 spiro atoms. The molecule has 3 heterocycles. The molecule has 0 atom stereocenters. The summed E-state index contributed by atoms with van der Waals surface area (Å²) in [6, 6.07) is 11.6. The number of methoxy groups -OCH3 is 1. The summed E-state index contributed by atoms with van der Waals surface area (Å²) < 4.78 is 23.3. The zero-order valence-corrected chi connectivity index (χ0v) is 21.4. The molecule has 2 aliphatic rings. The van der Waals surface area contributed by atoms with Crippen LogP contribution in [0.3, 0.4) is 0 Å². The molecule has 1 fully saturated rings. The van der Waals surface area contributed by atoms with Crippen molar-refractivity contribution in [1.82, 2.24) is 14.4 Å². The number of aryl methyl sites for hydroxylation is 1. The number of hydrogen-bond acceptors (Lipinski definition) is 8. The molecule has 1 saturated heterocycles. The first kappa shape index (κ1) is 24.9. The minimum Gasteiger partial charge on any atom is -0.497 e. The summed E-state index contributed by atoms with van der Waals surface area (Å²) in [5.74, 6) is 1.57. The lowest BCUT2D eigenvalue weighted by Crippen LogP contribution is -2.48. The number of carbonyl (C=O) groups excluding carboxylic acids is 2. The summed E-state index contributed by atoms with van der Waals surface area (Å²) in [7, 11) is 3.37. The molecule has 0 aliphatic carbocycles. The molecule has 10 heteroatoms. The summed E-state index contributed by atoms with van der Waals surface area (Å²) in [6.07, 6.45) is 0. The molecule has 10 nitrogen and oxygen atoms in total. The van der Waals surface area contributed by atoms with Gasteiger partial charge in [0.15, 0.2) is 17.2 Å². The van der Waals surface area contributed by atoms with Crippen molar-refractivity contribution in [1.29, 1.82) is 0 Å². The number of amides is 1. The highest BCUT2D eigenvalue weighted by atomic mass is 16.7. The lowest BCUT2D eigenvalue weighted by atomic mass is 10.1. The van der Waals surface area contributed by atoms with Crippen LogP contribution < -0.4 is 19.5 Å². The third kappa shape index (κ3) is 5.21. The van der Waals surface area contributed by atoms with Crippen molar-refractivity contribution in [2.45, 2.75) is 13.5 Å². The van der Waals surface area contributed by atoms with Crippen molar-refractivity contribution < 1.29 is 28.5 Å². The number of ether oxygens (including phenoxy) is 4. The molecule has 1 N–H and O–H groups in total. The van der Waals surface area contributed by atoms with Crippen molar-refractivity contribution in [3.05, 3.63) is 47.7 Å². The number of nitrogens with one attached hydrogen (secondary N) is 1. The van der Waals surface area contributed by atoms with E-state index in [0.29, 0.717) is 17.1 Å². The van der Waals surface area contributed by atoms with Crippen LogP contribution in [0, 0.1) is 0 Å². The monoisotopic (exact) mass is 508 g/mol. The van der Waals surface area contributed by atoms with Crippen molar-refractivity contribution in [3.63, 3.8) is 0 Å². The van der Waals surface area contributed by atoms with Crippen LogP contribution in [-0.2, 0) is 23.1 Å². The van der Waals surface area contributed by atoms with Gasteiger partial charge in [-0.1, -0.05) is 6.07 Å². The number of rotatable bonds is 8. The molecule has 0 saturated carbocycles. The molecule has 37 heavy (non-hydrogen) atoms. The van der Waals surface area contributed by atoms with Crippen LogP contribution in [0.15, 0.2) is 36.4 Å². The first-order valence-electron chi connectivity index (χ1n) is 12.4. The standard InChI is InChI=1S/C27H32N4O6/c1-4-35-27(33)26-25(20-14-19(34-3)6-7-21(20)29(26)2)28-24(32)16-31-11-9-30(10-12-31)15-18-5-8-22-23(13-18)37-17-36-22/h5-8,13-14H,4,9-12,15-17H2,1-3H3,(H,28,32). The Bertz CT molecular complexity index is 1310. The molecule has 0 radical (unpaired) electrons. The second-order valence-corrected chi connectivity index (χ2v) is 9.17. The van der Waals surface area contributed by atoms with Gasteiger partial charge in [0.05, 0.1) is 31.5 Å². The average molecular weight is 509 g/mol. The van der Waals surface area contributed by atoms with E-state index in [-0.39, 0.29) is 25.9 Å². The number of hydrogen-bond donors (Lipinski definition) is 1. The summed E-state index contributed by atoms with van der Waals surface area (Å²) in [6.45, 7) is 6.56. The zero-order chi connectivity index (χ0) is 25.9. The molecule has 5 rings (SSSR count). The smallest absolute Gasteiger partial charge is 0.357 e. The third-order valence-corrected chi connectivity index (χ3v) is 6.82. The van der Waals surface area contributed by atoms with Gasteiger partial charge in [-0.15, -0.1) is 0 Å². The lowest BCUT2D eigenvalue weighted by Gasteiger charge is -2.34. The Morgan fingerprint density at radius 3 is 2.51 bits per heavy atom. The van der Waals surface area contributed by atoms with Gasteiger partial charge in [-0.25, -0.2) is 4.79 Å². The van der Waals surface area contributed by atoms with Crippen LogP contribution in [0.1, 0.15) is 23.0 Å². The molecule has 196 valence electrons. The second-order valence-electron chi connectivity index (χ2n) is 9.17. The highest BCUT2D eigenvalue weighted by Gasteiger charge is 2.26. The maximum atomic E-state index is 13.1. The largest absolute Gasteiger partial charge is 0.497 e. The van der Waals surface area contributed by atoms with Crippen LogP contribution >= 0.6 is 0 Å². The van der Waals surface area contributed by atoms with E-state index in [9.17, 15) is 9.59 Å². The van der Waals surface area contributed by atoms with Gasteiger partial charge in [-0.2, -0.15) is 0 Å². The lowest BCUT2D eigenvalue weighted by molar-refractivity contribution is -0.117. The number of anilines is 1. The van der Waals surface area contributed by atoms with Crippen LogP contribution in [0.4, 0.5) is 5.69 Å². The Kier molecular flexibility index (Phi) is 7.20. The summed E-state index contributed by atoms with van der Waals surface area (Å²) in [4.78, 5) is 30.4. The third-order valence-electron chi connectivity index (χ3n) is 6.82. The fourth-order valence-electron chi connectivity index (χ4n) is 4.90. The maximum absolute atomic E-state index is 13.1. The molecule has 0 unspecified atom stereocenters. The van der Waals surface area contributed by atoms with E-state index in [4.69, 9.17) is 18.9 Å². The van der Waals surface area contributed by atoms with Gasteiger partial charge >= 0.3 is 5.97 Å². The minimum atomic E-state index is -0.479. The van der Waals surface area contributed by atoms with Crippen LogP contribution in [0.5, 0.6) is 17.2 Å². The first-order valence-corrected chi connectivity index (χ1v) is 12.4. The normalized spacial score (nSPS) is 15.6. The number of nitrogens with zero attached hydrogens (tertiary/aromatic N) is 3. The fraction of sp³-hybridized carbons (Fsp3) is 0.407. The van der Waals surface area contributed by atoms with Crippen molar-refractivity contribution in [3.8, 4) is 17.2 Å². The summed E-state index contributed by atoms with van der Waals surface area (Å²) >= 11 is 0. The Labute approximate surface area is 215 Å². The Morgan fingerprint density at radius 2 is 1.76 bits per heavy atom. The van der Waals surface area contributed by atoms with E-state index in [1.807, 2.05) is 30.3 Å². The van der Waals surface area contributed by atoms with E-state index >= 15 is 0 Å². The topological polar surface area (TPSA) is 94.5 Å². The van der Waals surface area contributed by atoms with Gasteiger partial charge in [-0.05, 0) is 42.8 Å². The number of carbonyl (C=O) groups is 2. The number of fused-ring (bicyclic) bond motifs is 2. The van der Waals surface area contributed by atoms with E-state index in [1.165, 1.54) is 5.56 Å². The predicted molar refractivity (Wildman–Crippen MR) is 138 cm³/mol. The minimum absolute atomic E-state index is 0.176. The van der Waals surface area contributed by atoms with Gasteiger partial charge in [0.25, 0.3) is 0 Å². The quantitative estimate of drug-likeness (QED) is 0.465.